The molecule has 6 nitrogen and oxygen atoms in total. The lowest BCUT2D eigenvalue weighted by atomic mass is 10.2. The smallest absolute Gasteiger partial charge is 0.422 e. The van der Waals surface area contributed by atoms with Gasteiger partial charge in [0.25, 0.3) is 5.91 Å². The SMILES string of the molecule is O=C(NC(CO)c1ccco1)c1ncccc1OCC(F)(F)F. The molecule has 0 aliphatic heterocycles. The van der Waals surface area contributed by atoms with E-state index in [9.17, 15) is 23.1 Å². The summed E-state index contributed by atoms with van der Waals surface area (Å²) in [4.78, 5) is 15.9. The number of aromatic nitrogens is 1. The summed E-state index contributed by atoms with van der Waals surface area (Å²) in [5.74, 6) is -0.800. The van der Waals surface area contributed by atoms with E-state index in [0.29, 0.717) is 5.76 Å². The van der Waals surface area contributed by atoms with Crippen LogP contribution in [0.15, 0.2) is 41.1 Å². The van der Waals surface area contributed by atoms with E-state index in [-0.39, 0.29) is 11.4 Å². The summed E-state index contributed by atoms with van der Waals surface area (Å²) < 4.78 is 46.4. The predicted octanol–water partition coefficient (Wildman–Crippen LogP) is 2.08. The van der Waals surface area contributed by atoms with Gasteiger partial charge < -0.3 is 19.6 Å². The normalized spacial score (nSPS) is 12.7. The number of amides is 1. The Bertz CT molecular complexity index is 644. The summed E-state index contributed by atoms with van der Waals surface area (Å²) in [6, 6.07) is 4.81. The van der Waals surface area contributed by atoms with E-state index in [1.165, 1.54) is 24.6 Å². The van der Waals surface area contributed by atoms with E-state index in [1.807, 2.05) is 0 Å². The predicted molar refractivity (Wildman–Crippen MR) is 71.8 cm³/mol. The van der Waals surface area contributed by atoms with Crippen LogP contribution in [0.3, 0.4) is 0 Å². The topological polar surface area (TPSA) is 84.6 Å². The maximum absolute atomic E-state index is 12.2. The highest BCUT2D eigenvalue weighted by molar-refractivity contribution is 5.95. The highest BCUT2D eigenvalue weighted by Gasteiger charge is 2.29. The van der Waals surface area contributed by atoms with Crippen molar-refractivity contribution in [1.82, 2.24) is 10.3 Å². The number of hydrogen-bond donors (Lipinski definition) is 2. The molecule has 0 aliphatic carbocycles. The van der Waals surface area contributed by atoms with E-state index in [4.69, 9.17) is 4.42 Å². The Labute approximate surface area is 128 Å². The molecule has 23 heavy (non-hydrogen) atoms. The molecule has 2 N–H and O–H groups in total. The molecule has 0 spiro atoms. The molecule has 2 heterocycles. The van der Waals surface area contributed by atoms with Crippen molar-refractivity contribution in [2.24, 2.45) is 0 Å². The molecule has 1 amide bonds. The third-order valence-corrected chi connectivity index (χ3v) is 2.75. The molecule has 0 aromatic carbocycles. The van der Waals surface area contributed by atoms with Crippen LogP contribution in [0.1, 0.15) is 22.3 Å². The van der Waals surface area contributed by atoms with E-state index in [2.05, 4.69) is 15.0 Å². The Morgan fingerprint density at radius 3 is 2.78 bits per heavy atom. The molecule has 1 unspecified atom stereocenters. The summed E-state index contributed by atoms with van der Waals surface area (Å²) in [5, 5.41) is 11.7. The zero-order chi connectivity index (χ0) is 16.9. The molecule has 0 fully saturated rings. The number of carbonyl (C=O) groups is 1. The van der Waals surface area contributed by atoms with Gasteiger partial charge in [0.05, 0.1) is 12.9 Å². The summed E-state index contributed by atoms with van der Waals surface area (Å²) in [5.41, 5.74) is -0.318. The molecule has 0 saturated heterocycles. The highest BCUT2D eigenvalue weighted by Crippen LogP contribution is 2.21. The Hall–Kier alpha value is -2.55. The second kappa shape index (κ2) is 7.14. The Kier molecular flexibility index (Phi) is 5.22. The van der Waals surface area contributed by atoms with Crippen molar-refractivity contribution in [2.75, 3.05) is 13.2 Å². The Balaban J connectivity index is 2.12. The van der Waals surface area contributed by atoms with E-state index < -0.39 is 31.3 Å². The van der Waals surface area contributed by atoms with Crippen LogP contribution in [0.25, 0.3) is 0 Å². The molecular weight excluding hydrogens is 317 g/mol. The summed E-state index contributed by atoms with van der Waals surface area (Å²) in [6.45, 7) is -1.99. The zero-order valence-electron chi connectivity index (χ0n) is 11.7. The van der Waals surface area contributed by atoms with Crippen LogP contribution in [0.4, 0.5) is 13.2 Å². The molecule has 2 rings (SSSR count). The number of alkyl halides is 3. The monoisotopic (exact) mass is 330 g/mol. The Morgan fingerprint density at radius 1 is 1.39 bits per heavy atom. The number of aliphatic hydroxyl groups is 1. The molecule has 9 heteroatoms. The van der Waals surface area contributed by atoms with E-state index in [0.717, 1.165) is 0 Å². The van der Waals surface area contributed by atoms with Gasteiger partial charge in [-0.1, -0.05) is 0 Å². The lowest BCUT2D eigenvalue weighted by Gasteiger charge is -2.15. The third-order valence-electron chi connectivity index (χ3n) is 2.75. The number of furan rings is 1. The number of nitrogens with one attached hydrogen (secondary N) is 1. The fourth-order valence-corrected chi connectivity index (χ4v) is 1.76. The summed E-state index contributed by atoms with van der Waals surface area (Å²) in [7, 11) is 0. The minimum Gasteiger partial charge on any atom is -0.482 e. The van der Waals surface area contributed by atoms with Crippen molar-refractivity contribution < 1.29 is 32.2 Å². The molecule has 2 aromatic heterocycles. The number of aliphatic hydroxyl groups excluding tert-OH is 1. The van der Waals surface area contributed by atoms with Crippen LogP contribution in [0.5, 0.6) is 5.75 Å². The van der Waals surface area contributed by atoms with Gasteiger partial charge in [-0.25, -0.2) is 4.98 Å². The van der Waals surface area contributed by atoms with Crippen LogP contribution < -0.4 is 10.1 Å². The van der Waals surface area contributed by atoms with E-state index in [1.54, 1.807) is 12.1 Å². The van der Waals surface area contributed by atoms with Gasteiger partial charge >= 0.3 is 6.18 Å². The molecule has 0 bridgehead atoms. The Morgan fingerprint density at radius 2 is 2.17 bits per heavy atom. The largest absolute Gasteiger partial charge is 0.482 e. The van der Waals surface area contributed by atoms with Gasteiger partial charge in [-0.2, -0.15) is 13.2 Å². The average molecular weight is 330 g/mol. The highest BCUT2D eigenvalue weighted by atomic mass is 19.4. The first kappa shape index (κ1) is 16.8. The number of halogens is 3. The fraction of sp³-hybridized carbons (Fsp3) is 0.286. The van der Waals surface area contributed by atoms with Gasteiger partial charge in [0, 0.05) is 6.20 Å². The lowest BCUT2D eigenvalue weighted by Crippen LogP contribution is -2.31. The summed E-state index contributed by atoms with van der Waals surface area (Å²) >= 11 is 0. The number of ether oxygens (including phenoxy) is 1. The molecule has 1 atom stereocenters. The third kappa shape index (κ3) is 4.71. The van der Waals surface area contributed by atoms with Gasteiger partial charge in [0.1, 0.15) is 11.8 Å². The minimum atomic E-state index is -4.54. The van der Waals surface area contributed by atoms with Crippen LogP contribution in [-0.2, 0) is 0 Å². The number of nitrogens with zero attached hydrogens (tertiary/aromatic N) is 1. The molecule has 124 valence electrons. The molecule has 2 aromatic rings. The number of carbonyl (C=O) groups excluding carboxylic acids is 1. The van der Waals surface area contributed by atoms with E-state index >= 15 is 0 Å². The first-order valence-electron chi connectivity index (χ1n) is 6.50. The first-order valence-corrected chi connectivity index (χ1v) is 6.50. The van der Waals surface area contributed by atoms with Crippen LogP contribution >= 0.6 is 0 Å². The van der Waals surface area contributed by atoms with Crippen molar-refractivity contribution >= 4 is 5.91 Å². The van der Waals surface area contributed by atoms with Crippen molar-refractivity contribution in [3.63, 3.8) is 0 Å². The summed E-state index contributed by atoms with van der Waals surface area (Å²) in [6.07, 6.45) is -1.93. The number of rotatable bonds is 6. The quantitative estimate of drug-likeness (QED) is 0.847. The number of pyridine rings is 1. The second-order valence-corrected chi connectivity index (χ2v) is 4.48. The van der Waals surface area contributed by atoms with Crippen molar-refractivity contribution in [3.8, 4) is 5.75 Å². The van der Waals surface area contributed by atoms with Crippen LogP contribution in [0.2, 0.25) is 0 Å². The average Bonchev–Trinajstić information content (AvgIpc) is 3.04. The fourth-order valence-electron chi connectivity index (χ4n) is 1.76. The van der Waals surface area contributed by atoms with Gasteiger partial charge in [-0.05, 0) is 24.3 Å². The lowest BCUT2D eigenvalue weighted by molar-refractivity contribution is -0.153. The molecule has 0 aliphatic rings. The minimum absolute atomic E-state index is 0.301. The molecule has 0 radical (unpaired) electrons. The van der Waals surface area contributed by atoms with Crippen LogP contribution in [-0.4, -0.2) is 35.4 Å². The maximum atomic E-state index is 12.2. The van der Waals surface area contributed by atoms with Crippen molar-refractivity contribution in [2.45, 2.75) is 12.2 Å². The maximum Gasteiger partial charge on any atom is 0.422 e. The van der Waals surface area contributed by atoms with Crippen LogP contribution in [0, 0.1) is 0 Å². The van der Waals surface area contributed by atoms with Gasteiger partial charge in [0.2, 0.25) is 0 Å². The molecule has 0 saturated carbocycles. The van der Waals surface area contributed by atoms with Gasteiger partial charge in [-0.15, -0.1) is 0 Å². The molecular formula is C14H13F3N2O4. The standard InChI is InChI=1S/C14H13F3N2O4/c15-14(16,17)8-23-11-3-1-5-18-12(11)13(21)19-9(7-20)10-4-2-6-22-10/h1-6,9,20H,7-8H2,(H,19,21). The van der Waals surface area contributed by atoms with Gasteiger partial charge in [0.15, 0.2) is 18.1 Å². The second-order valence-electron chi connectivity index (χ2n) is 4.48. The van der Waals surface area contributed by atoms with Gasteiger partial charge in [-0.3, -0.25) is 4.79 Å². The number of hydrogen-bond acceptors (Lipinski definition) is 5. The van der Waals surface area contributed by atoms with Crippen molar-refractivity contribution in [3.05, 3.63) is 48.2 Å². The first-order chi connectivity index (χ1) is 10.9. The zero-order valence-corrected chi connectivity index (χ0v) is 11.7. The van der Waals surface area contributed by atoms with Crippen molar-refractivity contribution in [1.29, 1.82) is 0 Å².